The number of hydrogen-bond donors (Lipinski definition) is 4. The van der Waals surface area contributed by atoms with Crippen molar-refractivity contribution in [1.29, 1.82) is 0 Å². The molecule has 23 heteroatoms. The molecule has 2 aromatic heterocycles. The van der Waals surface area contributed by atoms with E-state index < -0.39 is 29.5 Å². The Hall–Kier alpha value is -5.88. The Balaban J connectivity index is 0.723. The number of anilines is 4. The van der Waals surface area contributed by atoms with Crippen LogP contribution in [0, 0.1) is 11.6 Å². The van der Waals surface area contributed by atoms with Crippen molar-refractivity contribution >= 4 is 58.4 Å². The SMILES string of the molecule is Cn1cc(Nc2ncc(Cl)c(NCc3cc(F)cc(OCCOCCOCCOCCOCCOCCOCC(=O)Nc4cccc5c4CN(C4CCC(=O)NC4=O)C5=O)c3F)n2)cn1. The van der Waals surface area contributed by atoms with Gasteiger partial charge >= 0.3 is 0 Å². The molecule has 4 heterocycles. The van der Waals surface area contributed by atoms with Crippen molar-refractivity contribution in [3.05, 3.63) is 82.3 Å². The van der Waals surface area contributed by atoms with Crippen LogP contribution in [0.1, 0.15) is 34.3 Å². The van der Waals surface area contributed by atoms with E-state index in [1.807, 2.05) is 0 Å². The number of carbonyl (C=O) groups excluding carboxylic acids is 4. The standard InChI is InChI=1S/C42H50ClF2N9O11/c1-53-24-29(22-48-53)49-42-47-23-32(43)39(52-42)46-21-27-19-28(44)20-35(38(27)45)65-18-17-63-14-13-61-10-9-59-7-8-60-11-12-62-15-16-64-26-37(56)50-33-4-2-3-30-31(33)25-54(41(30)58)34-5-6-36(55)51-40(34)57/h2-4,19-20,22-24,34H,5-18,21,25-26H2,1H3,(H,50,56)(H,51,55,57)(H2,46,47,49,52). The van der Waals surface area contributed by atoms with E-state index in [-0.39, 0.29) is 105 Å². The van der Waals surface area contributed by atoms with E-state index in [0.717, 1.165) is 12.1 Å². The van der Waals surface area contributed by atoms with Crippen molar-refractivity contribution in [3.63, 3.8) is 0 Å². The molecule has 65 heavy (non-hydrogen) atoms. The average Bonchev–Trinajstić information content (AvgIpc) is 3.85. The maximum absolute atomic E-state index is 15.2. The lowest BCUT2D eigenvalue weighted by Crippen LogP contribution is -2.52. The van der Waals surface area contributed by atoms with Crippen molar-refractivity contribution in [3.8, 4) is 5.75 Å². The number of rotatable bonds is 28. The highest BCUT2D eigenvalue weighted by atomic mass is 35.5. The van der Waals surface area contributed by atoms with Gasteiger partial charge in [0.05, 0.1) is 90.8 Å². The number of ether oxygens (including phenoxy) is 7. The predicted molar refractivity (Wildman–Crippen MR) is 229 cm³/mol. The molecule has 2 aliphatic heterocycles. The van der Waals surface area contributed by atoms with Gasteiger partial charge in [-0.1, -0.05) is 17.7 Å². The smallest absolute Gasteiger partial charge is 0.255 e. The van der Waals surface area contributed by atoms with E-state index in [0.29, 0.717) is 68.7 Å². The summed E-state index contributed by atoms with van der Waals surface area (Å²) in [6.07, 6.45) is 5.11. The van der Waals surface area contributed by atoms with Crippen molar-refractivity contribution in [2.75, 3.05) is 102 Å². The number of carbonyl (C=O) groups is 4. The Kier molecular flexibility index (Phi) is 18.7. The molecule has 1 atom stereocenters. The summed E-state index contributed by atoms with van der Waals surface area (Å²) in [6.45, 7) is 2.93. The van der Waals surface area contributed by atoms with Crippen LogP contribution in [-0.2, 0) is 62.9 Å². The molecular weight excluding hydrogens is 880 g/mol. The van der Waals surface area contributed by atoms with E-state index in [1.54, 1.807) is 42.3 Å². The van der Waals surface area contributed by atoms with Gasteiger partial charge in [-0.3, -0.25) is 29.2 Å². The highest BCUT2D eigenvalue weighted by Gasteiger charge is 2.40. The van der Waals surface area contributed by atoms with Crippen LogP contribution in [0.3, 0.4) is 0 Å². The van der Waals surface area contributed by atoms with Crippen molar-refractivity contribution in [2.24, 2.45) is 7.05 Å². The Morgan fingerprint density at radius 1 is 0.892 bits per heavy atom. The molecule has 0 bridgehead atoms. The van der Waals surface area contributed by atoms with Gasteiger partial charge in [-0.2, -0.15) is 10.1 Å². The molecule has 2 aromatic carbocycles. The zero-order valence-electron chi connectivity index (χ0n) is 35.6. The number of nitrogens with zero attached hydrogens (tertiary/aromatic N) is 5. The van der Waals surface area contributed by atoms with E-state index in [2.05, 4.69) is 36.3 Å². The predicted octanol–water partition coefficient (Wildman–Crippen LogP) is 3.38. The molecule has 0 spiro atoms. The number of nitrogens with one attached hydrogen (secondary N) is 4. The van der Waals surface area contributed by atoms with Gasteiger partial charge in [0, 0.05) is 61.2 Å². The Morgan fingerprint density at radius 2 is 1.55 bits per heavy atom. The number of benzene rings is 2. The monoisotopic (exact) mass is 929 g/mol. The quantitative estimate of drug-likeness (QED) is 0.0473. The first kappa shape index (κ1) is 48.6. The normalized spacial score (nSPS) is 14.7. The fourth-order valence-electron chi connectivity index (χ4n) is 6.56. The summed E-state index contributed by atoms with van der Waals surface area (Å²) in [5, 5.41) is 15.2. The van der Waals surface area contributed by atoms with Crippen LogP contribution in [0.5, 0.6) is 5.75 Å². The number of amides is 4. The third-order valence-corrected chi connectivity index (χ3v) is 9.94. The summed E-state index contributed by atoms with van der Waals surface area (Å²) in [4.78, 5) is 59.3. The maximum atomic E-state index is 15.2. The molecule has 2 aliphatic rings. The van der Waals surface area contributed by atoms with Crippen LogP contribution in [0.15, 0.2) is 48.9 Å². The van der Waals surface area contributed by atoms with Gasteiger partial charge in [-0.05, 0) is 24.6 Å². The fraction of sp³-hybridized carbons (Fsp3) is 0.452. The zero-order chi connectivity index (χ0) is 46.0. The molecule has 0 aliphatic carbocycles. The zero-order valence-corrected chi connectivity index (χ0v) is 36.3. The average molecular weight is 930 g/mol. The number of imide groups is 1. The minimum absolute atomic E-state index is 0.00757. The molecular formula is C42H50ClF2N9O11. The summed E-state index contributed by atoms with van der Waals surface area (Å²) in [6, 6.07) is 6.24. The molecule has 4 aromatic rings. The van der Waals surface area contributed by atoms with Gasteiger partial charge in [-0.15, -0.1) is 0 Å². The van der Waals surface area contributed by atoms with Crippen molar-refractivity contribution in [2.45, 2.75) is 32.0 Å². The van der Waals surface area contributed by atoms with Crippen molar-refractivity contribution in [1.82, 2.24) is 30.0 Å². The van der Waals surface area contributed by atoms with Crippen LogP contribution in [-0.4, -0.2) is 140 Å². The highest BCUT2D eigenvalue weighted by molar-refractivity contribution is 6.32. The van der Waals surface area contributed by atoms with Crippen LogP contribution in [0.4, 0.5) is 31.9 Å². The third-order valence-electron chi connectivity index (χ3n) is 9.67. The molecule has 350 valence electrons. The molecule has 1 saturated heterocycles. The third kappa shape index (κ3) is 14.8. The lowest BCUT2D eigenvalue weighted by atomic mass is 10.0. The second-order valence-corrected chi connectivity index (χ2v) is 14.8. The second kappa shape index (κ2) is 25.0. The number of fused-ring (bicyclic) bond motifs is 1. The van der Waals surface area contributed by atoms with Gasteiger partial charge in [-0.25, -0.2) is 13.8 Å². The maximum Gasteiger partial charge on any atom is 0.255 e. The van der Waals surface area contributed by atoms with Gasteiger partial charge in [0.1, 0.15) is 30.1 Å². The van der Waals surface area contributed by atoms with Gasteiger partial charge in [0.15, 0.2) is 17.4 Å². The topological polar surface area (TPSA) is 228 Å². The fourth-order valence-corrected chi connectivity index (χ4v) is 6.72. The highest BCUT2D eigenvalue weighted by Crippen LogP contribution is 2.32. The Morgan fingerprint density at radius 3 is 2.20 bits per heavy atom. The van der Waals surface area contributed by atoms with E-state index in [4.69, 9.17) is 44.8 Å². The van der Waals surface area contributed by atoms with Crippen molar-refractivity contribution < 1.29 is 61.1 Å². The largest absolute Gasteiger partial charge is 0.488 e. The minimum atomic E-state index is -0.749. The summed E-state index contributed by atoms with van der Waals surface area (Å²) < 4.78 is 69.4. The molecule has 1 unspecified atom stereocenters. The van der Waals surface area contributed by atoms with Crippen LogP contribution < -0.4 is 26.0 Å². The van der Waals surface area contributed by atoms with Gasteiger partial charge < -0.3 is 54.0 Å². The lowest BCUT2D eigenvalue weighted by Gasteiger charge is -2.29. The number of hydrogen-bond acceptors (Lipinski definition) is 16. The molecule has 1 fully saturated rings. The number of aromatic nitrogens is 4. The van der Waals surface area contributed by atoms with Gasteiger partial charge in [0.2, 0.25) is 23.7 Å². The first-order valence-electron chi connectivity index (χ1n) is 20.7. The number of halogens is 3. The van der Waals surface area contributed by atoms with E-state index in [1.165, 1.54) is 11.1 Å². The van der Waals surface area contributed by atoms with Crippen LogP contribution in [0.2, 0.25) is 5.02 Å². The summed E-state index contributed by atoms with van der Waals surface area (Å²) in [5.41, 5.74) is 2.12. The first-order chi connectivity index (χ1) is 31.5. The van der Waals surface area contributed by atoms with Gasteiger partial charge in [0.25, 0.3) is 5.91 Å². The summed E-state index contributed by atoms with van der Waals surface area (Å²) in [5.74, 6) is -2.82. The molecule has 4 amide bonds. The molecule has 4 N–H and O–H groups in total. The van der Waals surface area contributed by atoms with E-state index >= 15 is 4.39 Å². The molecule has 6 rings (SSSR count). The first-order valence-corrected chi connectivity index (χ1v) is 21.1. The minimum Gasteiger partial charge on any atom is -0.488 e. The Bertz CT molecular complexity index is 2260. The lowest BCUT2D eigenvalue weighted by molar-refractivity contribution is -0.137. The Labute approximate surface area is 377 Å². The van der Waals surface area contributed by atoms with Crippen LogP contribution >= 0.6 is 11.6 Å². The summed E-state index contributed by atoms with van der Waals surface area (Å²) >= 11 is 6.22. The van der Waals surface area contributed by atoms with E-state index in [9.17, 15) is 23.6 Å². The van der Waals surface area contributed by atoms with Crippen LogP contribution in [0.25, 0.3) is 0 Å². The molecule has 0 saturated carbocycles. The number of aryl methyl sites for hydroxylation is 1. The molecule has 0 radical (unpaired) electrons. The summed E-state index contributed by atoms with van der Waals surface area (Å²) in [7, 11) is 1.77. The molecule has 20 nitrogen and oxygen atoms in total. The second-order valence-electron chi connectivity index (χ2n) is 14.4. The number of piperidine rings is 1.